The molecule has 1 N–H and O–H groups in total. The molecule has 0 aliphatic rings. The molecule has 5 nitrogen and oxygen atoms in total. The van der Waals surface area contributed by atoms with E-state index >= 15 is 0 Å². The molecule has 0 spiro atoms. The lowest BCUT2D eigenvalue weighted by molar-refractivity contribution is -0.121. The number of aryl methyl sites for hydroxylation is 3. The highest BCUT2D eigenvalue weighted by atomic mass is 32.2. The minimum absolute atomic E-state index is 0.0310. The molecule has 0 saturated heterocycles. The molecule has 0 atom stereocenters. The van der Waals surface area contributed by atoms with Gasteiger partial charge >= 0.3 is 0 Å². The van der Waals surface area contributed by atoms with E-state index in [1.54, 1.807) is 6.92 Å². The number of benzene rings is 1. The molecular weight excluding hydrogens is 334 g/mol. The number of aromatic nitrogens is 2. The van der Waals surface area contributed by atoms with Crippen LogP contribution in [0.3, 0.4) is 0 Å². The summed E-state index contributed by atoms with van der Waals surface area (Å²) in [4.78, 5) is 29.1. The third kappa shape index (κ3) is 5.08. The van der Waals surface area contributed by atoms with Gasteiger partial charge in [-0.15, -0.1) is 0 Å². The topological polar surface area (TPSA) is 64.0 Å². The largest absolute Gasteiger partial charge is 0.355 e. The van der Waals surface area contributed by atoms with Crippen molar-refractivity contribution in [1.29, 1.82) is 0 Å². The molecular formula is C19H27N3O2S. The van der Waals surface area contributed by atoms with Crippen molar-refractivity contribution in [2.24, 2.45) is 0 Å². The summed E-state index contributed by atoms with van der Waals surface area (Å²) in [7, 11) is 0. The fourth-order valence-corrected chi connectivity index (χ4v) is 3.47. The molecule has 1 amide bonds. The Morgan fingerprint density at radius 1 is 1.20 bits per heavy atom. The van der Waals surface area contributed by atoms with Crippen LogP contribution in [0, 0.1) is 20.8 Å². The molecule has 6 heteroatoms. The summed E-state index contributed by atoms with van der Waals surface area (Å²) >= 11 is 1.90. The average molecular weight is 362 g/mol. The van der Waals surface area contributed by atoms with Gasteiger partial charge < -0.3 is 5.32 Å². The maximum absolute atomic E-state index is 12.5. The number of nitrogens with zero attached hydrogens (tertiary/aromatic N) is 2. The summed E-state index contributed by atoms with van der Waals surface area (Å²) in [5, 5.41) is 2.91. The van der Waals surface area contributed by atoms with E-state index in [0.717, 1.165) is 34.6 Å². The second-order valence-electron chi connectivity index (χ2n) is 6.33. The van der Waals surface area contributed by atoms with E-state index in [2.05, 4.69) is 17.2 Å². The van der Waals surface area contributed by atoms with Crippen molar-refractivity contribution in [2.75, 3.05) is 18.1 Å². The van der Waals surface area contributed by atoms with E-state index in [0.29, 0.717) is 17.8 Å². The summed E-state index contributed by atoms with van der Waals surface area (Å²) in [6.07, 6.45) is 2.12. The third-order valence-electron chi connectivity index (χ3n) is 4.16. The molecule has 1 aromatic carbocycles. The molecule has 0 aliphatic heterocycles. The zero-order valence-corrected chi connectivity index (χ0v) is 16.3. The normalized spacial score (nSPS) is 11.0. The van der Waals surface area contributed by atoms with Gasteiger partial charge in [-0.1, -0.05) is 6.92 Å². The average Bonchev–Trinajstić information content (AvgIpc) is 2.57. The first kappa shape index (κ1) is 19.5. The SMILES string of the molecule is CCCSCCCNC(=O)Cn1c(=O)c(C)nc2cc(C)c(C)cc21. The Morgan fingerprint density at radius 2 is 1.92 bits per heavy atom. The molecule has 1 heterocycles. The van der Waals surface area contributed by atoms with Crippen molar-refractivity contribution in [3.63, 3.8) is 0 Å². The van der Waals surface area contributed by atoms with Gasteiger partial charge in [0.2, 0.25) is 5.91 Å². The molecule has 0 aliphatic carbocycles. The zero-order chi connectivity index (χ0) is 18.4. The number of hydrogen-bond acceptors (Lipinski definition) is 4. The number of fused-ring (bicyclic) bond motifs is 1. The summed E-state index contributed by atoms with van der Waals surface area (Å²) in [6, 6.07) is 3.91. The molecule has 1 aromatic heterocycles. The number of carbonyl (C=O) groups is 1. The van der Waals surface area contributed by atoms with Gasteiger partial charge in [0.15, 0.2) is 0 Å². The van der Waals surface area contributed by atoms with Crippen molar-refractivity contribution >= 4 is 28.7 Å². The number of hydrogen-bond donors (Lipinski definition) is 1. The van der Waals surface area contributed by atoms with Crippen LogP contribution in [0.15, 0.2) is 16.9 Å². The van der Waals surface area contributed by atoms with Gasteiger partial charge in [0.25, 0.3) is 5.56 Å². The van der Waals surface area contributed by atoms with Crippen LogP contribution in [0.25, 0.3) is 11.0 Å². The van der Waals surface area contributed by atoms with Gasteiger partial charge in [0.05, 0.1) is 11.0 Å². The molecule has 0 unspecified atom stereocenters. The lowest BCUT2D eigenvalue weighted by Crippen LogP contribution is -2.34. The van der Waals surface area contributed by atoms with E-state index in [1.165, 1.54) is 11.0 Å². The Balaban J connectivity index is 2.12. The number of thioether (sulfide) groups is 1. The van der Waals surface area contributed by atoms with Crippen LogP contribution >= 0.6 is 11.8 Å². The molecule has 0 saturated carbocycles. The van der Waals surface area contributed by atoms with Crippen LogP contribution in [0.5, 0.6) is 0 Å². The lowest BCUT2D eigenvalue weighted by Gasteiger charge is -2.13. The Labute approximate surface area is 153 Å². The number of carbonyl (C=O) groups excluding carboxylic acids is 1. The van der Waals surface area contributed by atoms with E-state index in [1.807, 2.05) is 37.7 Å². The highest BCUT2D eigenvalue weighted by Crippen LogP contribution is 2.17. The van der Waals surface area contributed by atoms with Crippen LogP contribution < -0.4 is 10.9 Å². The number of rotatable bonds is 8. The standard InChI is InChI=1S/C19H27N3O2S/c1-5-8-25-9-6-7-20-18(23)12-22-17-11-14(3)13(2)10-16(17)21-15(4)19(22)24/h10-11H,5-9,12H2,1-4H3,(H,20,23). The minimum Gasteiger partial charge on any atom is -0.355 e. The quantitative estimate of drug-likeness (QED) is 0.734. The van der Waals surface area contributed by atoms with Gasteiger partial charge in [-0.2, -0.15) is 11.8 Å². The molecule has 25 heavy (non-hydrogen) atoms. The van der Waals surface area contributed by atoms with Gasteiger partial charge in [-0.05, 0) is 68.4 Å². The first-order chi connectivity index (χ1) is 11.9. The van der Waals surface area contributed by atoms with Crippen molar-refractivity contribution in [1.82, 2.24) is 14.9 Å². The highest BCUT2D eigenvalue weighted by molar-refractivity contribution is 7.99. The van der Waals surface area contributed by atoms with E-state index in [9.17, 15) is 9.59 Å². The summed E-state index contributed by atoms with van der Waals surface area (Å²) in [5.41, 5.74) is 3.89. The van der Waals surface area contributed by atoms with Crippen LogP contribution in [-0.4, -0.2) is 33.5 Å². The summed E-state index contributed by atoms with van der Waals surface area (Å²) < 4.78 is 1.53. The monoisotopic (exact) mass is 361 g/mol. The highest BCUT2D eigenvalue weighted by Gasteiger charge is 2.12. The first-order valence-corrected chi connectivity index (χ1v) is 9.92. The maximum Gasteiger partial charge on any atom is 0.272 e. The number of amides is 1. The third-order valence-corrected chi connectivity index (χ3v) is 5.44. The first-order valence-electron chi connectivity index (χ1n) is 8.77. The van der Waals surface area contributed by atoms with Crippen LogP contribution in [0.4, 0.5) is 0 Å². The summed E-state index contributed by atoms with van der Waals surface area (Å²) in [6.45, 7) is 8.54. The molecule has 0 bridgehead atoms. The second kappa shape index (κ2) is 9.04. The van der Waals surface area contributed by atoms with Gasteiger partial charge in [0, 0.05) is 6.54 Å². The van der Waals surface area contributed by atoms with Crippen molar-refractivity contribution < 1.29 is 4.79 Å². The van der Waals surface area contributed by atoms with Gasteiger partial charge in [-0.3, -0.25) is 14.2 Å². The summed E-state index contributed by atoms with van der Waals surface area (Å²) in [5.74, 6) is 2.07. The second-order valence-corrected chi connectivity index (χ2v) is 7.55. The molecule has 0 fully saturated rings. The van der Waals surface area contributed by atoms with Crippen molar-refractivity contribution in [3.05, 3.63) is 39.3 Å². The molecule has 0 radical (unpaired) electrons. The Hall–Kier alpha value is -1.82. The molecule has 2 rings (SSSR count). The predicted molar refractivity (Wildman–Crippen MR) is 105 cm³/mol. The zero-order valence-electron chi connectivity index (χ0n) is 15.5. The van der Waals surface area contributed by atoms with Crippen LogP contribution in [0.2, 0.25) is 0 Å². The van der Waals surface area contributed by atoms with E-state index < -0.39 is 0 Å². The fraction of sp³-hybridized carbons (Fsp3) is 0.526. The lowest BCUT2D eigenvalue weighted by atomic mass is 10.1. The smallest absolute Gasteiger partial charge is 0.272 e. The molecule has 136 valence electrons. The van der Waals surface area contributed by atoms with Crippen molar-refractivity contribution in [2.45, 2.75) is 47.1 Å². The maximum atomic E-state index is 12.5. The Bertz CT molecular complexity index is 814. The van der Waals surface area contributed by atoms with Crippen LogP contribution in [0.1, 0.15) is 36.6 Å². The van der Waals surface area contributed by atoms with Crippen LogP contribution in [-0.2, 0) is 11.3 Å². The predicted octanol–water partition coefficient (Wildman–Crippen LogP) is 2.97. The minimum atomic E-state index is -0.204. The Kier molecular flexibility index (Phi) is 7.05. The van der Waals surface area contributed by atoms with Crippen molar-refractivity contribution in [3.8, 4) is 0 Å². The number of nitrogens with one attached hydrogen (secondary N) is 1. The Morgan fingerprint density at radius 3 is 2.64 bits per heavy atom. The molecule has 2 aromatic rings. The van der Waals surface area contributed by atoms with Gasteiger partial charge in [-0.25, -0.2) is 4.98 Å². The van der Waals surface area contributed by atoms with E-state index in [4.69, 9.17) is 0 Å². The van der Waals surface area contributed by atoms with E-state index in [-0.39, 0.29) is 18.0 Å². The fourth-order valence-electron chi connectivity index (χ4n) is 2.63. The van der Waals surface area contributed by atoms with Gasteiger partial charge in [0.1, 0.15) is 12.2 Å².